The van der Waals surface area contributed by atoms with Crippen molar-refractivity contribution in [3.05, 3.63) is 71.5 Å². The Bertz CT molecular complexity index is 2280. The molecule has 0 amide bonds. The number of methoxy groups -OCH3 is 2. The van der Waals surface area contributed by atoms with Crippen molar-refractivity contribution in [1.29, 1.82) is 0 Å². The lowest BCUT2D eigenvalue weighted by Gasteiger charge is -2.51. The zero-order chi connectivity index (χ0) is 56.0. The van der Waals surface area contributed by atoms with Gasteiger partial charge in [-0.3, -0.25) is 9.69 Å². The molecule has 0 radical (unpaired) electrons. The van der Waals surface area contributed by atoms with E-state index in [9.17, 15) is 34.7 Å². The zero-order valence-electron chi connectivity index (χ0n) is 47.1. The molecular formula is C57H89FIN5O12. The number of alkyl halides is 2. The van der Waals surface area contributed by atoms with Crippen LogP contribution in [-0.2, 0) is 46.2 Å². The molecule has 0 spiro atoms. The van der Waals surface area contributed by atoms with Crippen LogP contribution in [0.1, 0.15) is 123 Å². The van der Waals surface area contributed by atoms with Gasteiger partial charge in [0.1, 0.15) is 42.7 Å². The molecule has 3 fully saturated rings. The van der Waals surface area contributed by atoms with Crippen LogP contribution in [0, 0.1) is 17.8 Å². The summed E-state index contributed by atoms with van der Waals surface area (Å²) in [6, 6.07) is 14.2. The fraction of sp³-hybridized carbons (Fsp3) is 0.737. The van der Waals surface area contributed by atoms with E-state index in [0.29, 0.717) is 38.0 Å². The summed E-state index contributed by atoms with van der Waals surface area (Å²) in [6.07, 6.45) is -2.99. The molecule has 3 aromatic rings. The standard InChI is InChI=1S/C57H89FIN5O12/c1-14-47-57(9,70)51(66)36(5)63(11)30-42(59)27-55(7,69)53(34(3)49(35(4)54(68)75-47)46-28-56(8,72-13)52(67)37(6)74-46)76-48-26-44(25-33(2)73-48)62(10)24-23-43-31-64(61-60-43)45(29-58)50(71-12)41-21-19-40(20-22-41)39-17-15-38(32-65)16-18-39/h15-22,31,33-37,42,44-53,65-67,69-70H,14,23-30,32H2,1-13H3/t33-,34+,35-,36-,37+,42-,44+,45-,46-,47-,48+,49?,50-,51-,52+,53-,55-,56-,57-/m1/s1. The summed E-state index contributed by atoms with van der Waals surface area (Å²) in [5, 5.41) is 66.2. The number of hydrogen-bond donors (Lipinski definition) is 5. The summed E-state index contributed by atoms with van der Waals surface area (Å²) >= 11 is 2.33. The van der Waals surface area contributed by atoms with Crippen LogP contribution in [0.5, 0.6) is 0 Å². The van der Waals surface area contributed by atoms with Crippen molar-refractivity contribution in [3.63, 3.8) is 0 Å². The molecule has 0 bridgehead atoms. The molecule has 19 heteroatoms. The number of carbonyl (C=O) groups is 1. The van der Waals surface area contributed by atoms with Crippen LogP contribution >= 0.6 is 22.6 Å². The third kappa shape index (κ3) is 14.4. The van der Waals surface area contributed by atoms with Crippen molar-refractivity contribution in [2.45, 2.75) is 201 Å². The van der Waals surface area contributed by atoms with Crippen molar-refractivity contribution < 1.29 is 63.1 Å². The number of aliphatic hydroxyl groups excluding tert-OH is 3. The predicted molar refractivity (Wildman–Crippen MR) is 295 cm³/mol. The van der Waals surface area contributed by atoms with Gasteiger partial charge in [0.2, 0.25) is 0 Å². The Labute approximate surface area is 464 Å². The summed E-state index contributed by atoms with van der Waals surface area (Å²) in [6.45, 7) is 16.5. The van der Waals surface area contributed by atoms with Crippen molar-refractivity contribution >= 4 is 28.6 Å². The molecule has 0 aliphatic carbocycles. The van der Waals surface area contributed by atoms with Crippen LogP contribution < -0.4 is 0 Å². The number of aromatic nitrogens is 3. The molecule has 5 N–H and O–H groups in total. The average molecular weight is 1180 g/mol. The van der Waals surface area contributed by atoms with Crippen molar-refractivity contribution in [2.24, 2.45) is 17.8 Å². The lowest BCUT2D eigenvalue weighted by atomic mass is 9.69. The molecule has 1 aromatic heterocycles. The molecule has 3 aliphatic rings. The van der Waals surface area contributed by atoms with E-state index < -0.39 is 108 Å². The Morgan fingerprint density at radius 1 is 0.947 bits per heavy atom. The van der Waals surface area contributed by atoms with Crippen molar-refractivity contribution in [1.82, 2.24) is 24.8 Å². The number of nitrogens with zero attached hydrogens (tertiary/aromatic N) is 5. The summed E-state index contributed by atoms with van der Waals surface area (Å²) in [5.41, 5.74) is -0.0353. The van der Waals surface area contributed by atoms with E-state index in [1.165, 1.54) is 6.92 Å². The van der Waals surface area contributed by atoms with E-state index in [4.69, 9.17) is 28.4 Å². The van der Waals surface area contributed by atoms with Gasteiger partial charge in [0.15, 0.2) is 6.29 Å². The van der Waals surface area contributed by atoms with Gasteiger partial charge in [-0.05, 0) is 103 Å². The number of aliphatic hydroxyl groups is 5. The molecule has 428 valence electrons. The highest BCUT2D eigenvalue weighted by atomic mass is 127. The second-order valence-electron chi connectivity index (χ2n) is 22.9. The van der Waals surface area contributed by atoms with Gasteiger partial charge in [-0.2, -0.15) is 0 Å². The summed E-state index contributed by atoms with van der Waals surface area (Å²) in [7, 11) is 7.02. The molecule has 0 saturated carbocycles. The highest BCUT2D eigenvalue weighted by Crippen LogP contribution is 2.45. The van der Waals surface area contributed by atoms with Crippen LogP contribution in [0.3, 0.4) is 0 Å². The van der Waals surface area contributed by atoms with Crippen LogP contribution in [0.25, 0.3) is 11.1 Å². The number of benzene rings is 2. The van der Waals surface area contributed by atoms with Gasteiger partial charge >= 0.3 is 5.97 Å². The number of likely N-dealkylation sites (N-methyl/N-ethyl adjacent to an activating group) is 2. The van der Waals surface area contributed by atoms with E-state index in [1.807, 2.05) is 95.2 Å². The van der Waals surface area contributed by atoms with E-state index in [2.05, 4.69) is 37.8 Å². The third-order valence-corrected chi connectivity index (χ3v) is 18.1. The van der Waals surface area contributed by atoms with E-state index in [-0.39, 0.29) is 41.9 Å². The van der Waals surface area contributed by atoms with Gasteiger partial charge < -0.3 is 58.9 Å². The molecule has 3 saturated heterocycles. The van der Waals surface area contributed by atoms with Gasteiger partial charge in [-0.15, -0.1) is 5.10 Å². The Kier molecular flexibility index (Phi) is 21.9. The molecule has 6 rings (SSSR count). The predicted octanol–water partition coefficient (Wildman–Crippen LogP) is 6.63. The summed E-state index contributed by atoms with van der Waals surface area (Å²) in [4.78, 5) is 18.9. The van der Waals surface area contributed by atoms with Gasteiger partial charge in [-0.25, -0.2) is 9.07 Å². The highest BCUT2D eigenvalue weighted by molar-refractivity contribution is 14.1. The molecule has 19 atom stereocenters. The average Bonchev–Trinajstić information content (AvgIpc) is 3.87. The molecule has 2 aromatic carbocycles. The van der Waals surface area contributed by atoms with Crippen LogP contribution in [0.4, 0.5) is 4.39 Å². The molecule has 1 unspecified atom stereocenters. The second-order valence-corrected chi connectivity index (χ2v) is 24.7. The lowest BCUT2D eigenvalue weighted by molar-refractivity contribution is -0.274. The largest absolute Gasteiger partial charge is 0.459 e. The lowest BCUT2D eigenvalue weighted by Crippen LogP contribution is -2.61. The SMILES string of the molecule is CC[C@H]1OC(=O)[C@H](C)C([C@H]2C[C@@](C)(OC)[C@@H](O)[C@H](C)O2)[C@H](C)[C@@H](O[C@H]2C[C@@H](N(C)CCc3cn([C@H](CF)[C@H](OC)c4ccc(-c5ccc(CO)cc5)cc4)nn3)C[C@@H](C)O2)[C@](C)(O)C[C@@H](I)CN(C)[C@H](C)[C@@H](O)[C@]1(C)O. The summed E-state index contributed by atoms with van der Waals surface area (Å²) in [5.74, 6) is -2.75. The van der Waals surface area contributed by atoms with Crippen molar-refractivity contribution in [2.75, 3.05) is 48.1 Å². The topological polar surface area (TPSA) is 211 Å². The molecule has 3 aliphatic heterocycles. The number of esters is 1. The third-order valence-electron chi connectivity index (χ3n) is 17.2. The first kappa shape index (κ1) is 62.4. The number of cyclic esters (lactones) is 1. The first-order valence-electron chi connectivity index (χ1n) is 27.2. The fourth-order valence-electron chi connectivity index (χ4n) is 12.3. The quantitative estimate of drug-likeness (QED) is 0.0579. The number of rotatable bonds is 16. The van der Waals surface area contributed by atoms with Gasteiger partial charge in [0.05, 0.1) is 53.8 Å². The Balaban J connectivity index is 1.23. The minimum Gasteiger partial charge on any atom is -0.459 e. The second kappa shape index (κ2) is 26.7. The molecule has 76 heavy (non-hydrogen) atoms. The number of carbonyl (C=O) groups excluding carboxylic acids is 1. The van der Waals surface area contributed by atoms with E-state index in [0.717, 1.165) is 22.3 Å². The van der Waals surface area contributed by atoms with Crippen LogP contribution in [0.15, 0.2) is 54.7 Å². The van der Waals surface area contributed by atoms with Crippen LogP contribution in [0.2, 0.25) is 0 Å². The molecule has 17 nitrogen and oxygen atoms in total. The minimum absolute atomic E-state index is 0.00728. The zero-order valence-corrected chi connectivity index (χ0v) is 49.2. The molecular weight excluding hydrogens is 1090 g/mol. The first-order valence-corrected chi connectivity index (χ1v) is 28.4. The maximum absolute atomic E-state index is 15.0. The maximum Gasteiger partial charge on any atom is 0.309 e. The van der Waals surface area contributed by atoms with Crippen LogP contribution in [-0.4, -0.2) is 186 Å². The Hall–Kier alpha value is -2.77. The minimum atomic E-state index is -1.80. The van der Waals surface area contributed by atoms with Gasteiger partial charge in [0.25, 0.3) is 0 Å². The van der Waals surface area contributed by atoms with Gasteiger partial charge in [-0.1, -0.05) is 97.1 Å². The Morgan fingerprint density at radius 2 is 1.59 bits per heavy atom. The smallest absolute Gasteiger partial charge is 0.309 e. The number of hydrogen-bond acceptors (Lipinski definition) is 16. The Morgan fingerprint density at radius 3 is 2.18 bits per heavy atom. The number of ether oxygens (including phenoxy) is 6. The van der Waals surface area contributed by atoms with Gasteiger partial charge in [0, 0.05) is 74.7 Å². The maximum atomic E-state index is 15.0. The normalized spacial score (nSPS) is 37.5. The van der Waals surface area contributed by atoms with Crippen molar-refractivity contribution in [3.8, 4) is 11.1 Å². The summed E-state index contributed by atoms with van der Waals surface area (Å²) < 4.78 is 54.8. The monoisotopic (exact) mass is 1180 g/mol. The van der Waals surface area contributed by atoms with E-state index >= 15 is 0 Å². The molecule has 4 heterocycles. The fourth-order valence-corrected chi connectivity index (χ4v) is 13.8. The van der Waals surface area contributed by atoms with E-state index in [1.54, 1.807) is 52.8 Å². The number of halogens is 2. The highest BCUT2D eigenvalue weighted by Gasteiger charge is 2.54. The first-order chi connectivity index (χ1) is 35.8.